The van der Waals surface area contributed by atoms with Gasteiger partial charge in [-0.1, -0.05) is 54.1 Å². The first-order chi connectivity index (χ1) is 13.2. The first-order valence-electron chi connectivity index (χ1n) is 8.54. The molecule has 0 aromatic heterocycles. The lowest BCUT2D eigenvalue weighted by Gasteiger charge is -2.20. The van der Waals surface area contributed by atoms with Crippen LogP contribution >= 0.6 is 11.6 Å². The summed E-state index contributed by atoms with van der Waals surface area (Å²) >= 11 is 5.88. The molecule has 0 saturated heterocycles. The molecule has 0 unspecified atom stereocenters. The predicted molar refractivity (Wildman–Crippen MR) is 110 cm³/mol. The van der Waals surface area contributed by atoms with Crippen molar-refractivity contribution in [2.45, 2.75) is 6.54 Å². The van der Waals surface area contributed by atoms with Gasteiger partial charge in [0.2, 0.25) is 0 Å². The number of hydrogen-bond donors (Lipinski definition) is 0. The SMILES string of the molecule is O=C(/C=C/c1ccc(Cl)cc1)N=C1N=C2C=CC=CN2Cc2ccccc21. The van der Waals surface area contributed by atoms with Gasteiger partial charge in [-0.15, -0.1) is 0 Å². The van der Waals surface area contributed by atoms with Gasteiger partial charge in [0.15, 0.2) is 5.84 Å². The third-order valence-corrected chi connectivity index (χ3v) is 4.49. The van der Waals surface area contributed by atoms with Crippen molar-refractivity contribution in [3.8, 4) is 0 Å². The van der Waals surface area contributed by atoms with Crippen LogP contribution in [0.25, 0.3) is 6.08 Å². The first kappa shape index (κ1) is 17.2. The molecule has 2 aromatic rings. The van der Waals surface area contributed by atoms with Gasteiger partial charge in [0.25, 0.3) is 5.91 Å². The molecule has 0 fully saturated rings. The number of benzene rings is 2. The Balaban J connectivity index is 1.67. The molecule has 132 valence electrons. The summed E-state index contributed by atoms with van der Waals surface area (Å²) in [5.41, 5.74) is 2.82. The molecule has 0 N–H and O–H groups in total. The number of fused-ring (bicyclic) bond motifs is 2. The summed E-state index contributed by atoms with van der Waals surface area (Å²) in [5, 5.41) is 0.656. The maximum Gasteiger partial charge on any atom is 0.271 e. The lowest BCUT2D eigenvalue weighted by atomic mass is 10.1. The van der Waals surface area contributed by atoms with Crippen LogP contribution in [0, 0.1) is 0 Å². The third kappa shape index (κ3) is 3.96. The van der Waals surface area contributed by atoms with E-state index >= 15 is 0 Å². The lowest BCUT2D eigenvalue weighted by Crippen LogP contribution is -2.24. The number of carbonyl (C=O) groups is 1. The van der Waals surface area contributed by atoms with Crippen molar-refractivity contribution in [2.75, 3.05) is 0 Å². The molecule has 0 bridgehead atoms. The van der Waals surface area contributed by atoms with Gasteiger partial charge in [-0.2, -0.15) is 4.99 Å². The number of halogens is 1. The van der Waals surface area contributed by atoms with Crippen LogP contribution < -0.4 is 0 Å². The summed E-state index contributed by atoms with van der Waals surface area (Å²) < 4.78 is 0. The Morgan fingerprint density at radius 3 is 2.78 bits per heavy atom. The molecule has 0 atom stereocenters. The number of aliphatic imine (C=N–C) groups is 2. The van der Waals surface area contributed by atoms with Crippen molar-refractivity contribution in [3.63, 3.8) is 0 Å². The minimum absolute atomic E-state index is 0.358. The molecule has 1 amide bonds. The Labute approximate surface area is 162 Å². The zero-order valence-corrected chi connectivity index (χ0v) is 15.2. The Morgan fingerprint density at radius 1 is 1.11 bits per heavy atom. The second kappa shape index (κ2) is 7.56. The topological polar surface area (TPSA) is 45.0 Å². The van der Waals surface area contributed by atoms with Crippen LogP contribution in [0.5, 0.6) is 0 Å². The van der Waals surface area contributed by atoms with Gasteiger partial charge in [-0.25, -0.2) is 4.99 Å². The smallest absolute Gasteiger partial charge is 0.271 e. The molecule has 4 nitrogen and oxygen atoms in total. The highest BCUT2D eigenvalue weighted by atomic mass is 35.5. The highest BCUT2D eigenvalue weighted by Gasteiger charge is 2.20. The normalized spacial score (nSPS) is 16.9. The fourth-order valence-corrected chi connectivity index (χ4v) is 3.03. The number of hydrogen-bond acceptors (Lipinski definition) is 2. The van der Waals surface area contributed by atoms with Gasteiger partial charge >= 0.3 is 0 Å². The van der Waals surface area contributed by atoms with E-state index in [1.165, 1.54) is 6.08 Å². The summed E-state index contributed by atoms with van der Waals surface area (Å²) in [6.45, 7) is 0.684. The number of amidine groups is 2. The van der Waals surface area contributed by atoms with Gasteiger partial charge in [-0.3, -0.25) is 4.79 Å². The van der Waals surface area contributed by atoms with Crippen LogP contribution in [0.3, 0.4) is 0 Å². The molecule has 2 aromatic carbocycles. The Morgan fingerprint density at radius 2 is 1.93 bits per heavy atom. The fraction of sp³-hybridized carbons (Fsp3) is 0.0455. The van der Waals surface area contributed by atoms with E-state index in [4.69, 9.17) is 11.6 Å². The molecular formula is C22H16ClN3O. The Kier molecular flexibility index (Phi) is 4.81. The average molecular weight is 374 g/mol. The molecule has 0 saturated carbocycles. The van der Waals surface area contributed by atoms with Crippen molar-refractivity contribution >= 4 is 35.3 Å². The molecule has 5 heteroatoms. The van der Waals surface area contributed by atoms with E-state index in [1.54, 1.807) is 18.2 Å². The van der Waals surface area contributed by atoms with Gasteiger partial charge in [-0.05, 0) is 41.5 Å². The minimum Gasteiger partial charge on any atom is -0.329 e. The maximum absolute atomic E-state index is 12.4. The van der Waals surface area contributed by atoms with Crippen molar-refractivity contribution in [2.24, 2.45) is 9.98 Å². The predicted octanol–water partition coefficient (Wildman–Crippen LogP) is 4.62. The van der Waals surface area contributed by atoms with Crippen LogP contribution in [0.1, 0.15) is 16.7 Å². The van der Waals surface area contributed by atoms with E-state index in [-0.39, 0.29) is 5.91 Å². The summed E-state index contributed by atoms with van der Waals surface area (Å²) in [6, 6.07) is 15.1. The second-order valence-corrected chi connectivity index (χ2v) is 6.55. The molecule has 0 aliphatic carbocycles. The number of rotatable bonds is 2. The van der Waals surface area contributed by atoms with Gasteiger partial charge in [0.1, 0.15) is 5.84 Å². The average Bonchev–Trinajstić information content (AvgIpc) is 2.84. The van der Waals surface area contributed by atoms with Crippen LogP contribution in [0.2, 0.25) is 5.02 Å². The van der Waals surface area contributed by atoms with Gasteiger partial charge < -0.3 is 4.90 Å². The zero-order chi connectivity index (χ0) is 18.6. The minimum atomic E-state index is -0.358. The zero-order valence-electron chi connectivity index (χ0n) is 14.4. The fourth-order valence-electron chi connectivity index (χ4n) is 2.90. The van der Waals surface area contributed by atoms with Gasteiger partial charge in [0, 0.05) is 29.4 Å². The van der Waals surface area contributed by atoms with E-state index in [2.05, 4.69) is 9.98 Å². The maximum atomic E-state index is 12.4. The molecule has 27 heavy (non-hydrogen) atoms. The third-order valence-electron chi connectivity index (χ3n) is 4.24. The molecule has 2 aliphatic rings. The van der Waals surface area contributed by atoms with Crippen LogP contribution in [0.15, 0.2) is 89.0 Å². The monoisotopic (exact) mass is 373 g/mol. The Hall–Kier alpha value is -3.24. The molecule has 0 radical (unpaired) electrons. The van der Waals surface area contributed by atoms with Crippen molar-refractivity contribution in [1.82, 2.24) is 4.90 Å². The summed E-state index contributed by atoms with van der Waals surface area (Å²) in [4.78, 5) is 23.3. The first-order valence-corrected chi connectivity index (χ1v) is 8.92. The van der Waals surface area contributed by atoms with E-state index < -0.39 is 0 Å². The molecule has 2 aliphatic heterocycles. The van der Waals surface area contributed by atoms with E-state index in [0.29, 0.717) is 17.4 Å². The van der Waals surface area contributed by atoms with Crippen molar-refractivity contribution in [3.05, 3.63) is 101 Å². The standard InChI is InChI=1S/C22H16ClN3O/c23-18-11-8-16(9-12-18)10-13-21(27)25-22-19-6-2-1-5-17(19)15-26-14-4-3-7-20(26)24-22/h1-14H,15H2/b13-10+,25-22?. The largest absolute Gasteiger partial charge is 0.329 e. The van der Waals surface area contributed by atoms with E-state index in [1.807, 2.05) is 65.7 Å². The Bertz CT molecular complexity index is 1030. The molecule has 2 heterocycles. The second-order valence-electron chi connectivity index (χ2n) is 6.11. The van der Waals surface area contributed by atoms with Crippen LogP contribution in [-0.4, -0.2) is 22.5 Å². The van der Waals surface area contributed by atoms with Crippen molar-refractivity contribution in [1.29, 1.82) is 0 Å². The van der Waals surface area contributed by atoms with E-state index in [9.17, 15) is 4.79 Å². The van der Waals surface area contributed by atoms with E-state index in [0.717, 1.165) is 22.5 Å². The molecular weight excluding hydrogens is 358 g/mol. The summed E-state index contributed by atoms with van der Waals surface area (Å²) in [5.74, 6) is 0.832. The number of carbonyl (C=O) groups excluding carboxylic acids is 1. The number of amides is 1. The summed E-state index contributed by atoms with van der Waals surface area (Å²) in [7, 11) is 0. The number of allylic oxidation sites excluding steroid dienone is 2. The highest BCUT2D eigenvalue weighted by molar-refractivity contribution is 6.30. The molecule has 0 spiro atoms. The lowest BCUT2D eigenvalue weighted by molar-refractivity contribution is -0.113. The molecule has 4 rings (SSSR count). The number of nitrogens with zero attached hydrogens (tertiary/aromatic N) is 3. The van der Waals surface area contributed by atoms with Crippen LogP contribution in [0.4, 0.5) is 0 Å². The summed E-state index contributed by atoms with van der Waals surface area (Å²) in [6.07, 6.45) is 10.9. The van der Waals surface area contributed by atoms with Gasteiger partial charge in [0.05, 0.1) is 0 Å². The quantitative estimate of drug-likeness (QED) is 0.721. The van der Waals surface area contributed by atoms with Crippen LogP contribution in [-0.2, 0) is 11.3 Å². The van der Waals surface area contributed by atoms with Crippen molar-refractivity contribution < 1.29 is 4.79 Å². The highest BCUT2D eigenvalue weighted by Crippen LogP contribution is 2.20.